The van der Waals surface area contributed by atoms with E-state index in [0.717, 1.165) is 23.7 Å². The van der Waals surface area contributed by atoms with E-state index in [1.54, 1.807) is 7.05 Å². The van der Waals surface area contributed by atoms with Gasteiger partial charge in [-0.25, -0.2) is 8.78 Å². The van der Waals surface area contributed by atoms with Gasteiger partial charge in [0.15, 0.2) is 11.7 Å². The predicted molar refractivity (Wildman–Crippen MR) is 128 cm³/mol. The second-order valence-corrected chi connectivity index (χ2v) is 7.15. The maximum Gasteiger partial charge on any atom is 0.191 e. The zero-order valence-electron chi connectivity index (χ0n) is 17.0. The second-order valence-electron chi connectivity index (χ2n) is 7.15. The molecule has 0 bridgehead atoms. The molecule has 1 fully saturated rings. The molecule has 1 aliphatic rings. The topological polar surface area (TPSA) is 65.7 Å². The van der Waals surface area contributed by atoms with Crippen LogP contribution in [0, 0.1) is 11.6 Å². The molecule has 9 heteroatoms. The summed E-state index contributed by atoms with van der Waals surface area (Å²) in [5, 5.41) is 10.7. The SMILES string of the molecule is CN=C(NCc1cc(-c2ccccc2)on1)NC1CCN(c2ccc(F)cc2F)C1.I. The van der Waals surface area contributed by atoms with Crippen LogP contribution in [-0.2, 0) is 6.54 Å². The lowest BCUT2D eigenvalue weighted by molar-refractivity contribution is 0.422. The Balaban J connectivity index is 0.00000272. The Morgan fingerprint density at radius 3 is 2.74 bits per heavy atom. The number of anilines is 1. The fourth-order valence-corrected chi connectivity index (χ4v) is 3.53. The van der Waals surface area contributed by atoms with Gasteiger partial charge in [-0.15, -0.1) is 24.0 Å². The first-order chi connectivity index (χ1) is 14.6. The third kappa shape index (κ3) is 5.72. The van der Waals surface area contributed by atoms with E-state index in [0.29, 0.717) is 37.0 Å². The van der Waals surface area contributed by atoms with Gasteiger partial charge in [0.25, 0.3) is 0 Å². The number of guanidine groups is 1. The van der Waals surface area contributed by atoms with Crippen molar-refractivity contribution in [1.82, 2.24) is 15.8 Å². The number of hydrogen-bond acceptors (Lipinski definition) is 4. The highest BCUT2D eigenvalue weighted by Gasteiger charge is 2.25. The molecular formula is C22H24F2IN5O. The summed E-state index contributed by atoms with van der Waals surface area (Å²) < 4.78 is 32.6. The van der Waals surface area contributed by atoms with E-state index in [2.05, 4.69) is 20.8 Å². The minimum atomic E-state index is -0.571. The summed E-state index contributed by atoms with van der Waals surface area (Å²) in [5.41, 5.74) is 2.15. The number of hydrogen-bond donors (Lipinski definition) is 2. The van der Waals surface area contributed by atoms with Crippen molar-refractivity contribution in [2.75, 3.05) is 25.0 Å². The van der Waals surface area contributed by atoms with E-state index in [1.165, 1.54) is 12.1 Å². The lowest BCUT2D eigenvalue weighted by Gasteiger charge is -2.20. The highest BCUT2D eigenvalue weighted by molar-refractivity contribution is 14.0. The lowest BCUT2D eigenvalue weighted by atomic mass is 10.2. The quantitative estimate of drug-likeness (QED) is 0.290. The first kappa shape index (κ1) is 23.0. The Labute approximate surface area is 196 Å². The van der Waals surface area contributed by atoms with Gasteiger partial charge in [0, 0.05) is 43.9 Å². The average molecular weight is 539 g/mol. The first-order valence-electron chi connectivity index (χ1n) is 9.80. The summed E-state index contributed by atoms with van der Waals surface area (Å²) in [4.78, 5) is 6.16. The smallest absolute Gasteiger partial charge is 0.191 e. The van der Waals surface area contributed by atoms with Gasteiger partial charge in [-0.1, -0.05) is 35.5 Å². The molecule has 31 heavy (non-hydrogen) atoms. The van der Waals surface area contributed by atoms with E-state index in [9.17, 15) is 8.78 Å². The Hall–Kier alpha value is -2.69. The Morgan fingerprint density at radius 2 is 2.00 bits per heavy atom. The number of halogens is 3. The van der Waals surface area contributed by atoms with Gasteiger partial charge in [-0.05, 0) is 18.6 Å². The lowest BCUT2D eigenvalue weighted by Crippen LogP contribution is -2.44. The van der Waals surface area contributed by atoms with Crippen LogP contribution in [0.25, 0.3) is 11.3 Å². The van der Waals surface area contributed by atoms with Crippen LogP contribution in [0.15, 0.2) is 64.1 Å². The van der Waals surface area contributed by atoms with Gasteiger partial charge < -0.3 is 20.1 Å². The third-order valence-corrected chi connectivity index (χ3v) is 5.06. The van der Waals surface area contributed by atoms with Crippen LogP contribution in [0.4, 0.5) is 14.5 Å². The van der Waals surface area contributed by atoms with Crippen molar-refractivity contribution in [1.29, 1.82) is 0 Å². The molecule has 0 amide bonds. The number of rotatable bonds is 5. The van der Waals surface area contributed by atoms with Gasteiger partial charge in [-0.2, -0.15) is 0 Å². The van der Waals surface area contributed by atoms with E-state index < -0.39 is 11.6 Å². The molecule has 3 aromatic rings. The number of nitrogens with zero attached hydrogens (tertiary/aromatic N) is 3. The molecule has 2 heterocycles. The summed E-state index contributed by atoms with van der Waals surface area (Å²) in [6.45, 7) is 1.74. The largest absolute Gasteiger partial charge is 0.367 e. The maximum absolute atomic E-state index is 14.0. The molecule has 0 spiro atoms. The normalized spacial score (nSPS) is 16.2. The molecule has 1 unspecified atom stereocenters. The fourth-order valence-electron chi connectivity index (χ4n) is 3.53. The third-order valence-electron chi connectivity index (χ3n) is 5.06. The van der Waals surface area contributed by atoms with Gasteiger partial charge >= 0.3 is 0 Å². The highest BCUT2D eigenvalue weighted by atomic mass is 127. The summed E-state index contributed by atoms with van der Waals surface area (Å²) in [6.07, 6.45) is 0.819. The Kier molecular flexibility index (Phi) is 7.83. The average Bonchev–Trinajstić information content (AvgIpc) is 3.41. The van der Waals surface area contributed by atoms with Gasteiger partial charge in [-0.3, -0.25) is 4.99 Å². The fraction of sp³-hybridized carbons (Fsp3) is 0.273. The van der Waals surface area contributed by atoms with E-state index in [1.807, 2.05) is 41.3 Å². The zero-order valence-corrected chi connectivity index (χ0v) is 19.3. The second kappa shape index (κ2) is 10.6. The molecule has 1 aliphatic heterocycles. The van der Waals surface area contributed by atoms with Crippen molar-refractivity contribution >= 4 is 35.6 Å². The van der Waals surface area contributed by atoms with E-state index in [4.69, 9.17) is 4.52 Å². The van der Waals surface area contributed by atoms with Gasteiger partial charge in [0.2, 0.25) is 0 Å². The van der Waals surface area contributed by atoms with Crippen LogP contribution in [0.5, 0.6) is 0 Å². The maximum atomic E-state index is 14.0. The zero-order chi connectivity index (χ0) is 20.9. The van der Waals surface area contributed by atoms with Crippen LogP contribution in [-0.4, -0.2) is 37.3 Å². The van der Waals surface area contributed by atoms with Crippen molar-refractivity contribution in [3.05, 3.63) is 71.9 Å². The van der Waals surface area contributed by atoms with Crippen LogP contribution < -0.4 is 15.5 Å². The number of aromatic nitrogens is 1. The Bertz CT molecular complexity index is 1030. The molecule has 4 rings (SSSR count). The van der Waals surface area contributed by atoms with Crippen molar-refractivity contribution in [3.8, 4) is 11.3 Å². The predicted octanol–water partition coefficient (Wildman–Crippen LogP) is 4.18. The monoisotopic (exact) mass is 539 g/mol. The van der Waals surface area contributed by atoms with Crippen molar-refractivity contribution in [2.45, 2.75) is 19.0 Å². The molecule has 164 valence electrons. The molecule has 1 atom stereocenters. The first-order valence-corrected chi connectivity index (χ1v) is 9.80. The van der Waals surface area contributed by atoms with Crippen molar-refractivity contribution < 1.29 is 13.3 Å². The van der Waals surface area contributed by atoms with E-state index >= 15 is 0 Å². The highest BCUT2D eigenvalue weighted by Crippen LogP contribution is 2.24. The van der Waals surface area contributed by atoms with Crippen LogP contribution in [0.1, 0.15) is 12.1 Å². The van der Waals surface area contributed by atoms with Gasteiger partial charge in [0.05, 0.1) is 12.2 Å². The summed E-state index contributed by atoms with van der Waals surface area (Å²) >= 11 is 0. The molecule has 1 aromatic heterocycles. The summed E-state index contributed by atoms with van der Waals surface area (Å²) in [5.74, 6) is 0.227. The molecule has 0 aliphatic carbocycles. The minimum Gasteiger partial charge on any atom is -0.367 e. The van der Waals surface area contributed by atoms with E-state index in [-0.39, 0.29) is 30.0 Å². The number of aliphatic imine (C=N–C) groups is 1. The van der Waals surface area contributed by atoms with Crippen molar-refractivity contribution in [3.63, 3.8) is 0 Å². The molecule has 2 N–H and O–H groups in total. The molecule has 6 nitrogen and oxygen atoms in total. The number of nitrogens with one attached hydrogen (secondary N) is 2. The summed E-state index contributed by atoms with van der Waals surface area (Å²) in [7, 11) is 1.69. The molecule has 1 saturated heterocycles. The van der Waals surface area contributed by atoms with Crippen molar-refractivity contribution in [2.24, 2.45) is 4.99 Å². The van der Waals surface area contributed by atoms with Crippen LogP contribution in [0.3, 0.4) is 0 Å². The molecule has 0 saturated carbocycles. The molecular weight excluding hydrogens is 515 g/mol. The minimum absolute atomic E-state index is 0. The van der Waals surface area contributed by atoms with Crippen LogP contribution >= 0.6 is 24.0 Å². The number of benzene rings is 2. The Morgan fingerprint density at radius 1 is 1.19 bits per heavy atom. The molecule has 2 aromatic carbocycles. The van der Waals surface area contributed by atoms with Crippen LogP contribution in [0.2, 0.25) is 0 Å². The standard InChI is InChI=1S/C22H23F2N5O.HI/c1-25-22(26-13-18-12-21(30-28-18)15-5-3-2-4-6-15)27-17-9-10-29(14-17)20-8-7-16(23)11-19(20)24;/h2-8,11-12,17H,9-10,13-14H2,1H3,(H2,25,26,27);1H. The molecule has 0 radical (unpaired) electrons. The summed E-state index contributed by atoms with van der Waals surface area (Å²) in [6, 6.07) is 15.4. The van der Waals surface area contributed by atoms with Gasteiger partial charge in [0.1, 0.15) is 17.3 Å².